The molecule has 0 saturated carbocycles. The van der Waals surface area contributed by atoms with E-state index in [4.69, 9.17) is 11.6 Å². The molecule has 1 unspecified atom stereocenters. The van der Waals surface area contributed by atoms with Crippen molar-refractivity contribution in [3.05, 3.63) is 59.1 Å². The lowest BCUT2D eigenvalue weighted by molar-refractivity contribution is 0.567. The molecule has 112 valence electrons. The van der Waals surface area contributed by atoms with Crippen LogP contribution in [0.25, 0.3) is 0 Å². The van der Waals surface area contributed by atoms with Crippen LogP contribution in [0.5, 0.6) is 0 Å². The predicted molar refractivity (Wildman–Crippen MR) is 86.2 cm³/mol. The molecule has 2 aromatic carbocycles. The van der Waals surface area contributed by atoms with E-state index >= 15 is 0 Å². The van der Waals surface area contributed by atoms with Crippen molar-refractivity contribution in [1.29, 1.82) is 0 Å². The number of sulfonamides is 1. The zero-order valence-corrected chi connectivity index (χ0v) is 13.4. The fraction of sp³-hybridized carbons (Fsp3) is 0.200. The van der Waals surface area contributed by atoms with Gasteiger partial charge >= 0.3 is 0 Å². The first kappa shape index (κ1) is 15.8. The highest BCUT2D eigenvalue weighted by Gasteiger charge is 2.19. The Bertz CT molecular complexity index is 715. The Morgan fingerprint density at radius 1 is 1.05 bits per heavy atom. The Hall–Kier alpha value is -1.56. The molecule has 4 nitrogen and oxygen atoms in total. The monoisotopic (exact) mass is 324 g/mol. The molecule has 6 heteroatoms. The summed E-state index contributed by atoms with van der Waals surface area (Å²) >= 11 is 6.09. The second-order valence-electron chi connectivity index (χ2n) is 4.64. The first-order valence-electron chi connectivity index (χ1n) is 6.48. The highest BCUT2D eigenvalue weighted by molar-refractivity contribution is 7.89. The van der Waals surface area contributed by atoms with Crippen molar-refractivity contribution < 1.29 is 8.42 Å². The average Bonchev–Trinajstić information content (AvgIpc) is 2.47. The zero-order chi connectivity index (χ0) is 15.5. The first-order valence-corrected chi connectivity index (χ1v) is 8.35. The van der Waals surface area contributed by atoms with Gasteiger partial charge < -0.3 is 5.32 Å². The molecule has 0 amide bonds. The number of rotatable bonds is 5. The average molecular weight is 325 g/mol. The van der Waals surface area contributed by atoms with Gasteiger partial charge in [0.25, 0.3) is 0 Å². The Kier molecular flexibility index (Phi) is 4.88. The SMILES string of the molecule is CNc1ccc(S(=O)(=O)NC(C)c2ccccc2Cl)cc1. The zero-order valence-electron chi connectivity index (χ0n) is 11.8. The van der Waals surface area contributed by atoms with Crippen molar-refractivity contribution in [2.45, 2.75) is 17.9 Å². The van der Waals surface area contributed by atoms with E-state index in [1.54, 1.807) is 50.4 Å². The number of hydrogen-bond donors (Lipinski definition) is 2. The lowest BCUT2D eigenvalue weighted by atomic mass is 10.1. The van der Waals surface area contributed by atoms with Gasteiger partial charge in [-0.15, -0.1) is 0 Å². The van der Waals surface area contributed by atoms with Crippen LogP contribution >= 0.6 is 11.6 Å². The molecule has 0 aromatic heterocycles. The Morgan fingerprint density at radius 2 is 1.67 bits per heavy atom. The van der Waals surface area contributed by atoms with Crippen molar-refractivity contribution in [2.75, 3.05) is 12.4 Å². The molecule has 0 bridgehead atoms. The molecule has 0 saturated heterocycles. The smallest absolute Gasteiger partial charge is 0.241 e. The summed E-state index contributed by atoms with van der Waals surface area (Å²) in [4.78, 5) is 0.223. The van der Waals surface area contributed by atoms with Crippen LogP contribution < -0.4 is 10.0 Å². The number of anilines is 1. The van der Waals surface area contributed by atoms with Crippen LogP contribution in [-0.4, -0.2) is 15.5 Å². The minimum atomic E-state index is -3.59. The summed E-state index contributed by atoms with van der Waals surface area (Å²) in [5.41, 5.74) is 1.60. The molecule has 0 radical (unpaired) electrons. The number of nitrogens with one attached hydrogen (secondary N) is 2. The third-order valence-corrected chi connectivity index (χ3v) is 5.06. The Labute approximate surface area is 130 Å². The van der Waals surface area contributed by atoms with E-state index in [0.29, 0.717) is 5.02 Å². The molecule has 1 atom stereocenters. The van der Waals surface area contributed by atoms with Crippen molar-refractivity contribution in [3.63, 3.8) is 0 Å². The molecular formula is C15H17ClN2O2S. The third kappa shape index (κ3) is 3.75. The lowest BCUT2D eigenvalue weighted by Crippen LogP contribution is -2.27. The standard InChI is InChI=1S/C15H17ClN2O2S/c1-11(14-5-3-4-6-15(14)16)18-21(19,20)13-9-7-12(17-2)8-10-13/h3-11,17-18H,1-2H3. The maximum atomic E-state index is 12.4. The van der Waals surface area contributed by atoms with Crippen LogP contribution in [0.2, 0.25) is 5.02 Å². The van der Waals surface area contributed by atoms with Gasteiger partial charge in [0.15, 0.2) is 0 Å². The van der Waals surface area contributed by atoms with E-state index in [9.17, 15) is 8.42 Å². The summed E-state index contributed by atoms with van der Waals surface area (Å²) in [6.07, 6.45) is 0. The third-order valence-electron chi connectivity index (χ3n) is 3.16. The topological polar surface area (TPSA) is 58.2 Å². The summed E-state index contributed by atoms with van der Waals surface area (Å²) in [7, 11) is -1.81. The lowest BCUT2D eigenvalue weighted by Gasteiger charge is -2.16. The maximum Gasteiger partial charge on any atom is 0.241 e. The number of benzene rings is 2. The number of halogens is 1. The molecule has 21 heavy (non-hydrogen) atoms. The predicted octanol–water partition coefficient (Wildman–Crippen LogP) is 3.42. The van der Waals surface area contributed by atoms with Gasteiger partial charge in [0.05, 0.1) is 4.90 Å². The summed E-state index contributed by atoms with van der Waals surface area (Å²) in [6.45, 7) is 1.76. The fourth-order valence-corrected chi connectivity index (χ4v) is 3.51. The number of hydrogen-bond acceptors (Lipinski definition) is 3. The molecule has 0 fully saturated rings. The highest BCUT2D eigenvalue weighted by Crippen LogP contribution is 2.24. The fourth-order valence-electron chi connectivity index (χ4n) is 1.99. The molecular weight excluding hydrogens is 308 g/mol. The van der Waals surface area contributed by atoms with Crippen LogP contribution in [-0.2, 0) is 10.0 Å². The van der Waals surface area contributed by atoms with Gasteiger partial charge in [-0.05, 0) is 42.8 Å². The minimum absolute atomic E-state index is 0.223. The molecule has 0 aliphatic rings. The van der Waals surface area contributed by atoms with E-state index in [-0.39, 0.29) is 4.90 Å². The quantitative estimate of drug-likeness (QED) is 0.886. The summed E-state index contributed by atoms with van der Waals surface area (Å²) in [5, 5.41) is 3.49. The molecule has 0 heterocycles. The van der Waals surface area contributed by atoms with E-state index in [1.807, 2.05) is 12.1 Å². The van der Waals surface area contributed by atoms with E-state index in [2.05, 4.69) is 10.0 Å². The first-order chi connectivity index (χ1) is 9.94. The highest BCUT2D eigenvalue weighted by atomic mass is 35.5. The van der Waals surface area contributed by atoms with Gasteiger partial charge in [-0.25, -0.2) is 13.1 Å². The molecule has 2 aromatic rings. The largest absolute Gasteiger partial charge is 0.388 e. The van der Waals surface area contributed by atoms with Crippen LogP contribution in [0, 0.1) is 0 Å². The van der Waals surface area contributed by atoms with Crippen LogP contribution in [0.15, 0.2) is 53.4 Å². The van der Waals surface area contributed by atoms with E-state index in [0.717, 1.165) is 11.3 Å². The molecule has 0 aliphatic heterocycles. The van der Waals surface area contributed by atoms with Crippen molar-refractivity contribution in [1.82, 2.24) is 4.72 Å². The van der Waals surface area contributed by atoms with E-state index < -0.39 is 16.1 Å². The molecule has 2 rings (SSSR count). The van der Waals surface area contributed by atoms with Crippen molar-refractivity contribution in [2.24, 2.45) is 0 Å². The minimum Gasteiger partial charge on any atom is -0.388 e. The summed E-state index contributed by atoms with van der Waals surface area (Å²) < 4.78 is 27.3. The van der Waals surface area contributed by atoms with Gasteiger partial charge in [0, 0.05) is 23.8 Å². The second kappa shape index (κ2) is 6.47. The summed E-state index contributed by atoms with van der Waals surface area (Å²) in [6, 6.07) is 13.3. The van der Waals surface area contributed by atoms with Gasteiger partial charge in [-0.2, -0.15) is 0 Å². The Balaban J connectivity index is 2.22. The molecule has 0 aliphatic carbocycles. The molecule has 2 N–H and O–H groups in total. The van der Waals surface area contributed by atoms with Gasteiger partial charge in [-0.3, -0.25) is 0 Å². The van der Waals surface area contributed by atoms with Crippen molar-refractivity contribution >= 4 is 27.3 Å². The second-order valence-corrected chi connectivity index (χ2v) is 6.76. The van der Waals surface area contributed by atoms with Gasteiger partial charge in [-0.1, -0.05) is 29.8 Å². The maximum absolute atomic E-state index is 12.4. The normalized spacial score (nSPS) is 12.9. The van der Waals surface area contributed by atoms with E-state index in [1.165, 1.54) is 0 Å². The Morgan fingerprint density at radius 3 is 2.24 bits per heavy atom. The van der Waals surface area contributed by atoms with Gasteiger partial charge in [0.1, 0.15) is 0 Å². The molecule has 0 spiro atoms. The van der Waals surface area contributed by atoms with Crippen LogP contribution in [0.4, 0.5) is 5.69 Å². The van der Waals surface area contributed by atoms with Crippen LogP contribution in [0.3, 0.4) is 0 Å². The van der Waals surface area contributed by atoms with Crippen molar-refractivity contribution in [3.8, 4) is 0 Å². The summed E-state index contributed by atoms with van der Waals surface area (Å²) in [5.74, 6) is 0. The van der Waals surface area contributed by atoms with Gasteiger partial charge in [0.2, 0.25) is 10.0 Å². The van der Waals surface area contributed by atoms with Crippen LogP contribution in [0.1, 0.15) is 18.5 Å².